The first-order chi connectivity index (χ1) is 6.14. The second kappa shape index (κ2) is 4.94. The molecule has 1 aliphatic heterocycles. The molecule has 0 bridgehead atoms. The van der Waals surface area contributed by atoms with Crippen LogP contribution in [-0.4, -0.2) is 39.0 Å². The molecule has 0 radical (unpaired) electrons. The summed E-state index contributed by atoms with van der Waals surface area (Å²) in [6, 6.07) is 0. The molecule has 0 spiro atoms. The van der Waals surface area contributed by atoms with Crippen LogP contribution in [0.1, 0.15) is 20.3 Å². The third kappa shape index (κ3) is 4.07. The maximum absolute atomic E-state index is 5.31. The summed E-state index contributed by atoms with van der Waals surface area (Å²) in [5.74, 6) is 0.691. The number of nitrogens with one attached hydrogen (secondary N) is 1. The zero-order valence-corrected chi connectivity index (χ0v) is 8.93. The molecule has 1 atom stereocenters. The molecule has 1 heterocycles. The Morgan fingerprint density at radius 2 is 2.31 bits per heavy atom. The van der Waals surface area contributed by atoms with E-state index < -0.39 is 0 Å². The predicted molar refractivity (Wildman–Crippen MR) is 52.9 cm³/mol. The average Bonchev–Trinajstić information content (AvgIpc) is 2.52. The molecule has 1 rings (SSSR count). The quantitative estimate of drug-likeness (QED) is 0.697. The largest absolute Gasteiger partial charge is 0.383 e. The third-order valence-corrected chi connectivity index (χ3v) is 2.40. The average molecular weight is 187 g/mol. The minimum absolute atomic E-state index is 0.0807. The van der Waals surface area contributed by atoms with Gasteiger partial charge in [-0.25, -0.2) is 0 Å². The van der Waals surface area contributed by atoms with Crippen molar-refractivity contribution in [1.82, 2.24) is 5.32 Å². The zero-order valence-electron chi connectivity index (χ0n) is 8.93. The number of hydrogen-bond donors (Lipinski definition) is 1. The summed E-state index contributed by atoms with van der Waals surface area (Å²) in [6.45, 7) is 7.95. The molecule has 1 N–H and O–H groups in total. The normalized spacial score (nSPS) is 23.8. The predicted octanol–water partition coefficient (Wildman–Crippen LogP) is 1.04. The third-order valence-electron chi connectivity index (χ3n) is 2.40. The van der Waals surface area contributed by atoms with E-state index in [1.807, 2.05) is 0 Å². The fourth-order valence-corrected chi connectivity index (χ4v) is 1.58. The van der Waals surface area contributed by atoms with E-state index >= 15 is 0 Å². The summed E-state index contributed by atoms with van der Waals surface area (Å²) in [6.07, 6.45) is 1.19. The van der Waals surface area contributed by atoms with Crippen molar-refractivity contribution in [2.75, 3.05) is 33.5 Å². The molecule has 0 saturated carbocycles. The Bertz CT molecular complexity index is 142. The van der Waals surface area contributed by atoms with Crippen LogP contribution >= 0.6 is 0 Å². The van der Waals surface area contributed by atoms with Crippen LogP contribution < -0.4 is 5.32 Å². The van der Waals surface area contributed by atoms with Gasteiger partial charge in [-0.2, -0.15) is 0 Å². The fraction of sp³-hybridized carbons (Fsp3) is 1.00. The minimum atomic E-state index is 0.0807. The van der Waals surface area contributed by atoms with E-state index in [9.17, 15) is 0 Å². The Balaban J connectivity index is 2.15. The molecule has 3 heteroatoms. The molecule has 0 aromatic rings. The molecule has 78 valence electrons. The molecule has 0 aromatic heterocycles. The van der Waals surface area contributed by atoms with Crippen LogP contribution in [0.4, 0.5) is 0 Å². The Labute approximate surface area is 80.8 Å². The highest BCUT2D eigenvalue weighted by molar-refractivity contribution is 4.79. The van der Waals surface area contributed by atoms with Gasteiger partial charge in [-0.3, -0.25) is 0 Å². The first kappa shape index (κ1) is 11.0. The lowest BCUT2D eigenvalue weighted by molar-refractivity contribution is 0.123. The topological polar surface area (TPSA) is 30.5 Å². The molecule has 0 aliphatic carbocycles. The number of methoxy groups -OCH3 is 1. The van der Waals surface area contributed by atoms with Crippen molar-refractivity contribution in [2.45, 2.75) is 25.8 Å². The van der Waals surface area contributed by atoms with Crippen molar-refractivity contribution in [3.8, 4) is 0 Å². The van der Waals surface area contributed by atoms with Crippen LogP contribution in [-0.2, 0) is 9.47 Å². The maximum atomic E-state index is 5.31. The number of rotatable bonds is 5. The second-order valence-corrected chi connectivity index (χ2v) is 4.43. The summed E-state index contributed by atoms with van der Waals surface area (Å²) in [5, 5.41) is 3.50. The Kier molecular flexibility index (Phi) is 4.16. The van der Waals surface area contributed by atoms with Crippen LogP contribution in [0.15, 0.2) is 0 Å². The maximum Gasteiger partial charge on any atom is 0.0639 e. The first-order valence-corrected chi connectivity index (χ1v) is 4.96. The molecule has 0 amide bonds. The highest BCUT2D eigenvalue weighted by Crippen LogP contribution is 2.12. The lowest BCUT2D eigenvalue weighted by Gasteiger charge is -2.26. The van der Waals surface area contributed by atoms with Gasteiger partial charge in [-0.1, -0.05) is 0 Å². The monoisotopic (exact) mass is 187 g/mol. The van der Waals surface area contributed by atoms with Crippen molar-refractivity contribution in [1.29, 1.82) is 0 Å². The number of ether oxygens (including phenoxy) is 2. The molecule has 1 saturated heterocycles. The van der Waals surface area contributed by atoms with Crippen LogP contribution in [0.3, 0.4) is 0 Å². The van der Waals surface area contributed by atoms with Crippen LogP contribution in [0.2, 0.25) is 0 Å². The van der Waals surface area contributed by atoms with Gasteiger partial charge in [0, 0.05) is 25.8 Å². The van der Waals surface area contributed by atoms with Crippen LogP contribution in [0.5, 0.6) is 0 Å². The van der Waals surface area contributed by atoms with Gasteiger partial charge in [0.15, 0.2) is 0 Å². The molecule has 13 heavy (non-hydrogen) atoms. The van der Waals surface area contributed by atoms with Crippen molar-refractivity contribution in [3.05, 3.63) is 0 Å². The first-order valence-electron chi connectivity index (χ1n) is 4.96. The second-order valence-electron chi connectivity index (χ2n) is 4.43. The van der Waals surface area contributed by atoms with E-state index in [-0.39, 0.29) is 5.54 Å². The van der Waals surface area contributed by atoms with E-state index in [0.29, 0.717) is 5.92 Å². The fourth-order valence-electron chi connectivity index (χ4n) is 1.58. The smallest absolute Gasteiger partial charge is 0.0639 e. The van der Waals surface area contributed by atoms with Crippen molar-refractivity contribution >= 4 is 0 Å². The lowest BCUT2D eigenvalue weighted by Crippen LogP contribution is -2.45. The van der Waals surface area contributed by atoms with E-state index in [2.05, 4.69) is 19.2 Å². The van der Waals surface area contributed by atoms with E-state index in [1.165, 1.54) is 6.42 Å². The Morgan fingerprint density at radius 3 is 2.85 bits per heavy atom. The standard InChI is InChI=1S/C10H21NO2/c1-10(2,8-12-3)11-6-9-4-5-13-7-9/h9,11H,4-8H2,1-3H3. The highest BCUT2D eigenvalue weighted by Gasteiger charge is 2.21. The van der Waals surface area contributed by atoms with Gasteiger partial charge < -0.3 is 14.8 Å². The molecule has 1 unspecified atom stereocenters. The Hall–Kier alpha value is -0.120. The van der Waals surface area contributed by atoms with Crippen LogP contribution in [0.25, 0.3) is 0 Å². The van der Waals surface area contributed by atoms with Crippen molar-refractivity contribution in [3.63, 3.8) is 0 Å². The van der Waals surface area contributed by atoms with Gasteiger partial charge in [0.1, 0.15) is 0 Å². The summed E-state index contributed by atoms with van der Waals surface area (Å²) < 4.78 is 10.4. The molecule has 1 aliphatic rings. The summed E-state index contributed by atoms with van der Waals surface area (Å²) in [4.78, 5) is 0. The molecule has 0 aromatic carbocycles. The van der Waals surface area contributed by atoms with Gasteiger partial charge in [-0.05, 0) is 26.2 Å². The van der Waals surface area contributed by atoms with E-state index in [4.69, 9.17) is 9.47 Å². The summed E-state index contributed by atoms with van der Waals surface area (Å²) in [7, 11) is 1.74. The highest BCUT2D eigenvalue weighted by atomic mass is 16.5. The number of hydrogen-bond acceptors (Lipinski definition) is 3. The molecular weight excluding hydrogens is 166 g/mol. The van der Waals surface area contributed by atoms with Gasteiger partial charge in [0.2, 0.25) is 0 Å². The SMILES string of the molecule is COCC(C)(C)NCC1CCOC1. The van der Waals surface area contributed by atoms with Gasteiger partial charge in [0.05, 0.1) is 13.2 Å². The van der Waals surface area contributed by atoms with E-state index in [1.54, 1.807) is 7.11 Å². The van der Waals surface area contributed by atoms with Gasteiger partial charge in [0.25, 0.3) is 0 Å². The zero-order chi connectivity index (χ0) is 9.73. The van der Waals surface area contributed by atoms with Gasteiger partial charge in [-0.15, -0.1) is 0 Å². The molecular formula is C10H21NO2. The lowest BCUT2D eigenvalue weighted by atomic mass is 10.0. The van der Waals surface area contributed by atoms with E-state index in [0.717, 1.165) is 26.4 Å². The minimum Gasteiger partial charge on any atom is -0.383 e. The van der Waals surface area contributed by atoms with Crippen molar-refractivity contribution < 1.29 is 9.47 Å². The molecule has 3 nitrogen and oxygen atoms in total. The van der Waals surface area contributed by atoms with Gasteiger partial charge >= 0.3 is 0 Å². The Morgan fingerprint density at radius 1 is 1.54 bits per heavy atom. The summed E-state index contributed by atoms with van der Waals surface area (Å²) >= 11 is 0. The summed E-state index contributed by atoms with van der Waals surface area (Å²) in [5.41, 5.74) is 0.0807. The van der Waals surface area contributed by atoms with Crippen LogP contribution in [0, 0.1) is 5.92 Å². The van der Waals surface area contributed by atoms with Crippen molar-refractivity contribution in [2.24, 2.45) is 5.92 Å². The molecule has 1 fully saturated rings.